The molecule has 0 saturated carbocycles. The Balaban J connectivity index is 2.09. The number of carbonyl (C=O) groups is 1. The van der Waals surface area contributed by atoms with Crippen LogP contribution in [0.5, 0.6) is 0 Å². The monoisotopic (exact) mass is 328 g/mol. The Hall–Kier alpha value is -2.34. The normalized spacial score (nSPS) is 10.4. The number of aromatic nitrogens is 4. The summed E-state index contributed by atoms with van der Waals surface area (Å²) in [4.78, 5) is 19.4. The van der Waals surface area contributed by atoms with Gasteiger partial charge in [-0.3, -0.25) is 14.8 Å². The fraction of sp³-hybridized carbons (Fsp3) is 0. The molecule has 0 radical (unpaired) electrons. The summed E-state index contributed by atoms with van der Waals surface area (Å²) in [6, 6.07) is 7.65. The van der Waals surface area contributed by atoms with Gasteiger partial charge in [-0.15, -0.1) is 0 Å². The summed E-state index contributed by atoms with van der Waals surface area (Å²) >= 11 is 3.38. The summed E-state index contributed by atoms with van der Waals surface area (Å²) in [5, 5.41) is 4.42. The number of halogens is 1. The number of rotatable bonds is 3. The van der Waals surface area contributed by atoms with E-state index in [1.807, 2.05) is 24.3 Å². The van der Waals surface area contributed by atoms with Crippen LogP contribution in [0.2, 0.25) is 0 Å². The Morgan fingerprint density at radius 2 is 1.95 bits per heavy atom. The van der Waals surface area contributed by atoms with Crippen molar-refractivity contribution in [1.82, 2.24) is 19.7 Å². The molecule has 0 bridgehead atoms. The standard InChI is InChI=1S/C14H9BrN4O/c15-11-1-3-12(4-2-11)19-8-10(9-20)14(18-19)13-7-16-5-6-17-13/h1-9H. The van der Waals surface area contributed by atoms with Gasteiger partial charge in [0.05, 0.1) is 17.4 Å². The van der Waals surface area contributed by atoms with E-state index < -0.39 is 0 Å². The largest absolute Gasteiger partial charge is 0.298 e. The van der Waals surface area contributed by atoms with Crippen molar-refractivity contribution in [3.05, 3.63) is 59.1 Å². The number of aldehydes is 1. The molecular weight excluding hydrogens is 320 g/mol. The average molecular weight is 329 g/mol. The van der Waals surface area contributed by atoms with Gasteiger partial charge in [0.1, 0.15) is 11.4 Å². The summed E-state index contributed by atoms with van der Waals surface area (Å²) in [5.41, 5.74) is 2.45. The van der Waals surface area contributed by atoms with E-state index in [0.29, 0.717) is 17.0 Å². The van der Waals surface area contributed by atoms with Gasteiger partial charge in [0.15, 0.2) is 6.29 Å². The fourth-order valence-electron chi connectivity index (χ4n) is 1.82. The Morgan fingerprint density at radius 3 is 2.60 bits per heavy atom. The van der Waals surface area contributed by atoms with E-state index in [-0.39, 0.29) is 0 Å². The summed E-state index contributed by atoms with van der Waals surface area (Å²) in [6.07, 6.45) is 7.19. The molecule has 0 N–H and O–H groups in total. The van der Waals surface area contributed by atoms with Crippen LogP contribution in [0, 0.1) is 0 Å². The van der Waals surface area contributed by atoms with Crippen LogP contribution in [0.4, 0.5) is 0 Å². The zero-order valence-corrected chi connectivity index (χ0v) is 11.9. The molecule has 98 valence electrons. The lowest BCUT2D eigenvalue weighted by molar-refractivity contribution is 0.112. The number of benzene rings is 1. The number of carbonyl (C=O) groups excluding carboxylic acids is 1. The molecule has 5 nitrogen and oxygen atoms in total. The highest BCUT2D eigenvalue weighted by molar-refractivity contribution is 9.10. The Bertz CT molecular complexity index is 738. The molecule has 2 aromatic heterocycles. The van der Waals surface area contributed by atoms with Crippen molar-refractivity contribution in [1.29, 1.82) is 0 Å². The van der Waals surface area contributed by atoms with E-state index in [1.165, 1.54) is 0 Å². The van der Waals surface area contributed by atoms with Gasteiger partial charge in [0.2, 0.25) is 0 Å². The van der Waals surface area contributed by atoms with Crippen molar-refractivity contribution in [2.45, 2.75) is 0 Å². The van der Waals surface area contributed by atoms with E-state index in [2.05, 4.69) is 31.0 Å². The molecule has 3 aromatic rings. The molecule has 6 heteroatoms. The lowest BCUT2D eigenvalue weighted by Gasteiger charge is -2.00. The van der Waals surface area contributed by atoms with Crippen LogP contribution in [0.3, 0.4) is 0 Å². The first-order valence-electron chi connectivity index (χ1n) is 5.85. The topological polar surface area (TPSA) is 60.7 Å². The van der Waals surface area contributed by atoms with Gasteiger partial charge in [-0.25, -0.2) is 4.68 Å². The molecular formula is C14H9BrN4O. The van der Waals surface area contributed by atoms with Crippen molar-refractivity contribution in [3.63, 3.8) is 0 Å². The summed E-state index contributed by atoms with van der Waals surface area (Å²) in [6.45, 7) is 0. The SMILES string of the molecule is O=Cc1cn(-c2ccc(Br)cc2)nc1-c1cnccn1. The minimum Gasteiger partial charge on any atom is -0.298 e. The van der Waals surface area contributed by atoms with Crippen molar-refractivity contribution < 1.29 is 4.79 Å². The first-order valence-corrected chi connectivity index (χ1v) is 6.64. The second-order valence-electron chi connectivity index (χ2n) is 4.06. The molecule has 1 aromatic carbocycles. The smallest absolute Gasteiger partial charge is 0.153 e. The molecule has 20 heavy (non-hydrogen) atoms. The fourth-order valence-corrected chi connectivity index (χ4v) is 2.08. The summed E-state index contributed by atoms with van der Waals surface area (Å²) in [7, 11) is 0. The molecule has 3 rings (SSSR count). The third kappa shape index (κ3) is 2.37. The van der Waals surface area contributed by atoms with Crippen molar-refractivity contribution in [2.24, 2.45) is 0 Å². The molecule has 0 aliphatic carbocycles. The van der Waals surface area contributed by atoms with Crippen LogP contribution >= 0.6 is 15.9 Å². The maximum Gasteiger partial charge on any atom is 0.153 e. The Labute approximate surface area is 123 Å². The third-order valence-corrected chi connectivity index (χ3v) is 3.30. The van der Waals surface area contributed by atoms with E-state index in [9.17, 15) is 4.79 Å². The van der Waals surface area contributed by atoms with Gasteiger partial charge < -0.3 is 0 Å². The zero-order chi connectivity index (χ0) is 13.9. The van der Waals surface area contributed by atoms with Crippen LogP contribution < -0.4 is 0 Å². The minimum absolute atomic E-state index is 0.480. The van der Waals surface area contributed by atoms with Crippen LogP contribution in [0.25, 0.3) is 17.1 Å². The number of nitrogens with zero attached hydrogens (tertiary/aromatic N) is 4. The molecule has 0 spiro atoms. The zero-order valence-electron chi connectivity index (χ0n) is 10.3. The molecule has 0 amide bonds. The van der Waals surface area contributed by atoms with Crippen LogP contribution in [-0.2, 0) is 0 Å². The molecule has 0 saturated heterocycles. The first-order chi connectivity index (χ1) is 9.78. The van der Waals surface area contributed by atoms with E-state index in [4.69, 9.17) is 0 Å². The van der Waals surface area contributed by atoms with Gasteiger partial charge >= 0.3 is 0 Å². The number of hydrogen-bond donors (Lipinski definition) is 0. The molecule has 0 atom stereocenters. The van der Waals surface area contributed by atoms with Crippen LogP contribution in [0.1, 0.15) is 10.4 Å². The van der Waals surface area contributed by atoms with Crippen LogP contribution in [-0.4, -0.2) is 26.0 Å². The average Bonchev–Trinajstić information content (AvgIpc) is 2.93. The maximum atomic E-state index is 11.2. The lowest BCUT2D eigenvalue weighted by Crippen LogP contribution is -1.95. The third-order valence-electron chi connectivity index (χ3n) is 2.77. The molecule has 0 fully saturated rings. The lowest BCUT2D eigenvalue weighted by atomic mass is 10.2. The van der Waals surface area contributed by atoms with Crippen molar-refractivity contribution in [2.75, 3.05) is 0 Å². The Morgan fingerprint density at radius 1 is 1.15 bits per heavy atom. The summed E-state index contributed by atoms with van der Waals surface area (Å²) in [5.74, 6) is 0. The highest BCUT2D eigenvalue weighted by Gasteiger charge is 2.12. The van der Waals surface area contributed by atoms with E-state index >= 15 is 0 Å². The minimum atomic E-state index is 0.480. The molecule has 0 aliphatic heterocycles. The van der Waals surface area contributed by atoms with Crippen molar-refractivity contribution >= 4 is 22.2 Å². The molecule has 2 heterocycles. The first kappa shape index (κ1) is 12.7. The predicted molar refractivity (Wildman–Crippen MR) is 77.7 cm³/mol. The Kier molecular flexibility index (Phi) is 3.39. The predicted octanol–water partition coefficient (Wildman–Crippen LogP) is 2.90. The highest BCUT2D eigenvalue weighted by Crippen LogP contribution is 2.20. The van der Waals surface area contributed by atoms with Gasteiger partial charge in [-0.05, 0) is 24.3 Å². The highest BCUT2D eigenvalue weighted by atomic mass is 79.9. The second-order valence-corrected chi connectivity index (χ2v) is 4.98. The molecule has 0 unspecified atom stereocenters. The van der Waals surface area contributed by atoms with Gasteiger partial charge in [-0.1, -0.05) is 15.9 Å². The van der Waals surface area contributed by atoms with Crippen molar-refractivity contribution in [3.8, 4) is 17.1 Å². The second kappa shape index (κ2) is 5.34. The summed E-state index contributed by atoms with van der Waals surface area (Å²) < 4.78 is 2.64. The van der Waals surface area contributed by atoms with Crippen LogP contribution in [0.15, 0.2) is 53.5 Å². The van der Waals surface area contributed by atoms with Gasteiger partial charge in [0, 0.05) is 23.1 Å². The van der Waals surface area contributed by atoms with Gasteiger partial charge in [0.25, 0.3) is 0 Å². The molecule has 0 aliphatic rings. The van der Waals surface area contributed by atoms with Gasteiger partial charge in [-0.2, -0.15) is 5.10 Å². The quantitative estimate of drug-likeness (QED) is 0.693. The maximum absolute atomic E-state index is 11.2. The van der Waals surface area contributed by atoms with E-state index in [1.54, 1.807) is 29.5 Å². The number of hydrogen-bond acceptors (Lipinski definition) is 4. The van der Waals surface area contributed by atoms with E-state index in [0.717, 1.165) is 16.4 Å².